The summed E-state index contributed by atoms with van der Waals surface area (Å²) in [7, 11) is -3.80. The van der Waals surface area contributed by atoms with Gasteiger partial charge in [0.25, 0.3) is 0 Å². The summed E-state index contributed by atoms with van der Waals surface area (Å²) in [5, 5.41) is 2.91. The van der Waals surface area contributed by atoms with Crippen LogP contribution >= 0.6 is 0 Å². The van der Waals surface area contributed by atoms with Crippen LogP contribution in [0.3, 0.4) is 0 Å². The number of benzene rings is 2. The minimum Gasteiger partial charge on any atom is -0.346 e. The highest BCUT2D eigenvalue weighted by Crippen LogP contribution is 2.22. The first-order chi connectivity index (χ1) is 13.8. The van der Waals surface area contributed by atoms with E-state index in [0.29, 0.717) is 5.82 Å². The highest BCUT2D eigenvalue weighted by atomic mass is 32.2. The maximum absolute atomic E-state index is 13.0. The molecule has 0 saturated carbocycles. The quantitative estimate of drug-likeness (QED) is 0.523. The molecule has 1 heterocycles. The number of sulfonamides is 1. The summed E-state index contributed by atoms with van der Waals surface area (Å²) >= 11 is 0. The van der Waals surface area contributed by atoms with Crippen molar-refractivity contribution >= 4 is 27.0 Å². The summed E-state index contributed by atoms with van der Waals surface area (Å²) in [6.07, 6.45) is -0.0378. The van der Waals surface area contributed by atoms with Crippen molar-refractivity contribution in [1.82, 2.24) is 20.0 Å². The standard InChI is InChI=1S/C20H23FN4O3S/c1-13(2)19(20-23-16-5-3-4-6-17(16)24-20)25-18(26)11-12-22-29(27,28)15-9-7-14(21)8-10-15/h3-10,13,19,22H,11-12H2,1-2H3,(H,23,24)(H,25,26). The largest absolute Gasteiger partial charge is 0.346 e. The number of amides is 1. The van der Waals surface area contributed by atoms with Crippen LogP contribution < -0.4 is 10.0 Å². The van der Waals surface area contributed by atoms with E-state index in [9.17, 15) is 17.6 Å². The Kier molecular flexibility index (Phi) is 6.29. The lowest BCUT2D eigenvalue weighted by Crippen LogP contribution is -2.35. The predicted molar refractivity (Wildman–Crippen MR) is 108 cm³/mol. The number of imidazole rings is 1. The molecule has 0 bridgehead atoms. The zero-order valence-electron chi connectivity index (χ0n) is 16.1. The Labute approximate surface area is 168 Å². The molecule has 0 aliphatic rings. The number of hydrogen-bond acceptors (Lipinski definition) is 4. The fraction of sp³-hybridized carbons (Fsp3) is 0.300. The van der Waals surface area contributed by atoms with Gasteiger partial charge in [-0.25, -0.2) is 22.5 Å². The van der Waals surface area contributed by atoms with Crippen molar-refractivity contribution in [2.45, 2.75) is 31.2 Å². The molecule has 3 rings (SSSR count). The summed E-state index contributed by atoms with van der Waals surface area (Å²) in [6.45, 7) is 3.86. The number of halogens is 1. The molecule has 154 valence electrons. The highest BCUT2D eigenvalue weighted by Gasteiger charge is 2.22. The second kappa shape index (κ2) is 8.71. The average molecular weight is 418 g/mol. The van der Waals surface area contributed by atoms with Crippen LogP contribution in [0.15, 0.2) is 53.4 Å². The molecule has 1 unspecified atom stereocenters. The maximum atomic E-state index is 13.0. The number of hydrogen-bond donors (Lipinski definition) is 3. The third-order valence-electron chi connectivity index (χ3n) is 4.45. The van der Waals surface area contributed by atoms with Crippen LogP contribution in [0, 0.1) is 11.7 Å². The monoisotopic (exact) mass is 418 g/mol. The molecular weight excluding hydrogens is 395 g/mol. The number of para-hydroxylation sites is 2. The second-order valence-corrected chi connectivity index (χ2v) is 8.80. The number of H-pyrrole nitrogens is 1. The minimum atomic E-state index is -3.80. The fourth-order valence-electron chi connectivity index (χ4n) is 2.91. The summed E-state index contributed by atoms with van der Waals surface area (Å²) in [6, 6.07) is 11.8. The van der Waals surface area contributed by atoms with Gasteiger partial charge in [-0.2, -0.15) is 0 Å². The molecule has 0 aliphatic carbocycles. The number of nitrogens with zero attached hydrogens (tertiary/aromatic N) is 1. The first-order valence-corrected chi connectivity index (χ1v) is 10.7. The Morgan fingerprint density at radius 1 is 1.14 bits per heavy atom. The van der Waals surface area contributed by atoms with Crippen molar-refractivity contribution in [3.8, 4) is 0 Å². The summed E-state index contributed by atoms with van der Waals surface area (Å²) < 4.78 is 39.7. The molecular formula is C20H23FN4O3S. The summed E-state index contributed by atoms with van der Waals surface area (Å²) in [5.41, 5.74) is 1.70. The van der Waals surface area contributed by atoms with E-state index in [1.54, 1.807) is 0 Å². The number of aromatic nitrogens is 2. The van der Waals surface area contributed by atoms with Crippen LogP contribution in [-0.4, -0.2) is 30.8 Å². The predicted octanol–water partition coefficient (Wildman–Crippen LogP) is 2.88. The third-order valence-corrected chi connectivity index (χ3v) is 5.93. The summed E-state index contributed by atoms with van der Waals surface area (Å²) in [4.78, 5) is 20.1. The van der Waals surface area contributed by atoms with E-state index in [1.165, 1.54) is 12.1 Å². The smallest absolute Gasteiger partial charge is 0.240 e. The molecule has 1 amide bonds. The summed E-state index contributed by atoms with van der Waals surface area (Å²) in [5.74, 6) is -0.0866. The van der Waals surface area contributed by atoms with Crippen molar-refractivity contribution in [1.29, 1.82) is 0 Å². The minimum absolute atomic E-state index is 0.0378. The molecule has 2 aromatic carbocycles. The van der Waals surface area contributed by atoms with Gasteiger partial charge in [0, 0.05) is 13.0 Å². The van der Waals surface area contributed by atoms with Gasteiger partial charge in [0.15, 0.2) is 0 Å². The molecule has 9 heteroatoms. The van der Waals surface area contributed by atoms with E-state index in [0.717, 1.165) is 23.2 Å². The molecule has 0 spiro atoms. The molecule has 29 heavy (non-hydrogen) atoms. The van der Waals surface area contributed by atoms with Crippen molar-refractivity contribution in [2.24, 2.45) is 5.92 Å². The number of fused-ring (bicyclic) bond motifs is 1. The Morgan fingerprint density at radius 2 is 1.83 bits per heavy atom. The molecule has 3 N–H and O–H groups in total. The normalized spacial score (nSPS) is 13.0. The number of rotatable bonds is 8. The SMILES string of the molecule is CC(C)C(NC(=O)CCNS(=O)(=O)c1ccc(F)cc1)c1nc2ccccc2[nH]1. The molecule has 3 aromatic rings. The van der Waals surface area contributed by atoms with Gasteiger partial charge in [-0.3, -0.25) is 4.79 Å². The Morgan fingerprint density at radius 3 is 2.48 bits per heavy atom. The molecule has 0 saturated heterocycles. The van der Waals surface area contributed by atoms with Crippen LogP contribution in [0.1, 0.15) is 32.1 Å². The Balaban J connectivity index is 1.60. The van der Waals surface area contributed by atoms with Gasteiger partial charge in [-0.15, -0.1) is 0 Å². The molecule has 1 atom stereocenters. The lowest BCUT2D eigenvalue weighted by Gasteiger charge is -2.20. The van der Waals surface area contributed by atoms with Gasteiger partial charge in [-0.1, -0.05) is 26.0 Å². The molecule has 7 nitrogen and oxygen atoms in total. The number of aromatic amines is 1. The van der Waals surface area contributed by atoms with Gasteiger partial charge in [0.2, 0.25) is 15.9 Å². The van der Waals surface area contributed by atoms with Gasteiger partial charge in [0.1, 0.15) is 11.6 Å². The first-order valence-electron chi connectivity index (χ1n) is 9.25. The second-order valence-electron chi connectivity index (χ2n) is 7.03. The van der Waals surface area contributed by atoms with Crippen LogP contribution in [0.5, 0.6) is 0 Å². The zero-order valence-corrected chi connectivity index (χ0v) is 17.0. The van der Waals surface area contributed by atoms with Crippen molar-refractivity contribution in [3.63, 3.8) is 0 Å². The lowest BCUT2D eigenvalue weighted by molar-refractivity contribution is -0.122. The van der Waals surface area contributed by atoms with E-state index in [4.69, 9.17) is 0 Å². The fourth-order valence-corrected chi connectivity index (χ4v) is 3.94. The number of carbonyl (C=O) groups is 1. The van der Waals surface area contributed by atoms with Crippen molar-refractivity contribution in [2.75, 3.05) is 6.54 Å². The van der Waals surface area contributed by atoms with Crippen molar-refractivity contribution < 1.29 is 17.6 Å². The lowest BCUT2D eigenvalue weighted by atomic mass is 10.0. The molecule has 0 aliphatic heterocycles. The zero-order chi connectivity index (χ0) is 21.0. The topological polar surface area (TPSA) is 104 Å². The number of nitrogens with one attached hydrogen (secondary N) is 3. The molecule has 0 radical (unpaired) electrons. The average Bonchev–Trinajstić information content (AvgIpc) is 3.09. The van der Waals surface area contributed by atoms with Crippen LogP contribution in [0.4, 0.5) is 4.39 Å². The number of carbonyl (C=O) groups excluding carboxylic acids is 1. The van der Waals surface area contributed by atoms with E-state index in [1.807, 2.05) is 38.1 Å². The Hall–Kier alpha value is -2.78. The van der Waals surface area contributed by atoms with Gasteiger partial charge < -0.3 is 10.3 Å². The van der Waals surface area contributed by atoms with Crippen LogP contribution in [0.2, 0.25) is 0 Å². The molecule has 1 aromatic heterocycles. The van der Waals surface area contributed by atoms with E-state index in [2.05, 4.69) is 20.0 Å². The highest BCUT2D eigenvalue weighted by molar-refractivity contribution is 7.89. The van der Waals surface area contributed by atoms with E-state index in [-0.39, 0.29) is 35.7 Å². The Bertz CT molecular complexity index is 1060. The van der Waals surface area contributed by atoms with Crippen molar-refractivity contribution in [3.05, 3.63) is 60.2 Å². The van der Waals surface area contributed by atoms with Gasteiger partial charge >= 0.3 is 0 Å². The first kappa shape index (κ1) is 20.9. The van der Waals surface area contributed by atoms with Crippen LogP contribution in [-0.2, 0) is 14.8 Å². The maximum Gasteiger partial charge on any atom is 0.240 e. The molecule has 0 fully saturated rings. The third kappa shape index (κ3) is 5.18. The van der Waals surface area contributed by atoms with E-state index < -0.39 is 15.8 Å². The van der Waals surface area contributed by atoms with Gasteiger partial charge in [0.05, 0.1) is 22.0 Å². The van der Waals surface area contributed by atoms with E-state index >= 15 is 0 Å². The van der Waals surface area contributed by atoms with Crippen LogP contribution in [0.25, 0.3) is 11.0 Å². The van der Waals surface area contributed by atoms with Gasteiger partial charge in [-0.05, 0) is 42.3 Å².